The third kappa shape index (κ3) is 4.49. The number of fused-ring (bicyclic) bond motifs is 1. The molecule has 2 amide bonds. The quantitative estimate of drug-likeness (QED) is 0.798. The molecule has 2 heterocycles. The number of nitrogens with zero attached hydrogens (tertiary/aromatic N) is 1. The van der Waals surface area contributed by atoms with E-state index in [4.69, 9.17) is 4.74 Å². The highest BCUT2D eigenvalue weighted by Gasteiger charge is 2.32. The van der Waals surface area contributed by atoms with Crippen LogP contribution in [0.4, 0.5) is 0 Å². The van der Waals surface area contributed by atoms with Crippen molar-refractivity contribution >= 4 is 11.8 Å². The van der Waals surface area contributed by atoms with Crippen molar-refractivity contribution in [3.8, 4) is 5.75 Å². The molecule has 2 aromatic carbocycles. The Morgan fingerprint density at radius 2 is 1.77 bits per heavy atom. The summed E-state index contributed by atoms with van der Waals surface area (Å²) in [4.78, 5) is 27.5. The number of ether oxygens (including phenoxy) is 1. The first-order chi connectivity index (χ1) is 14.7. The van der Waals surface area contributed by atoms with Crippen LogP contribution in [0.25, 0.3) is 0 Å². The molecule has 2 aliphatic heterocycles. The van der Waals surface area contributed by atoms with Crippen LogP contribution in [0, 0.1) is 5.92 Å². The molecule has 0 aromatic heterocycles. The number of nitrogens with one attached hydrogen (secondary N) is 2. The molecule has 158 valence electrons. The predicted molar refractivity (Wildman–Crippen MR) is 115 cm³/mol. The maximum absolute atomic E-state index is 13.0. The molecule has 2 N–H and O–H groups in total. The van der Waals surface area contributed by atoms with Crippen LogP contribution in [0.3, 0.4) is 0 Å². The second-order valence-corrected chi connectivity index (χ2v) is 8.04. The molecule has 4 rings (SSSR count). The number of likely N-dealkylation sites (tertiary alicyclic amines) is 1. The summed E-state index contributed by atoms with van der Waals surface area (Å²) in [5, 5.41) is 6.40. The van der Waals surface area contributed by atoms with E-state index < -0.39 is 0 Å². The van der Waals surface area contributed by atoms with E-state index in [1.807, 2.05) is 41.3 Å². The van der Waals surface area contributed by atoms with Gasteiger partial charge >= 0.3 is 0 Å². The number of para-hydroxylation sites is 1. The Morgan fingerprint density at radius 3 is 2.53 bits per heavy atom. The van der Waals surface area contributed by atoms with E-state index in [1.165, 1.54) is 11.1 Å². The third-order valence-electron chi connectivity index (χ3n) is 6.20. The van der Waals surface area contributed by atoms with Crippen LogP contribution >= 0.6 is 0 Å². The highest BCUT2D eigenvalue weighted by atomic mass is 16.5. The predicted octanol–water partition coefficient (Wildman–Crippen LogP) is 2.26. The van der Waals surface area contributed by atoms with Crippen molar-refractivity contribution in [2.24, 2.45) is 5.92 Å². The number of methoxy groups -OCH3 is 1. The summed E-state index contributed by atoms with van der Waals surface area (Å²) in [6.45, 7) is 2.44. The van der Waals surface area contributed by atoms with Crippen molar-refractivity contribution in [1.29, 1.82) is 0 Å². The minimum Gasteiger partial charge on any atom is -0.496 e. The standard InChI is InChI=1S/C24H29N3O3/c1-30-22-9-5-4-8-20(22)16-26-23(28)17-10-12-27(13-11-17)24(29)21-14-18-6-2-3-7-19(18)15-25-21/h2-9,17,21,25H,10-16H2,1H3,(H,26,28)/t21-/m0/s1. The molecule has 30 heavy (non-hydrogen) atoms. The van der Waals surface area contributed by atoms with Gasteiger partial charge in [-0.15, -0.1) is 0 Å². The van der Waals surface area contributed by atoms with Crippen LogP contribution in [0.1, 0.15) is 29.5 Å². The number of hydrogen-bond acceptors (Lipinski definition) is 4. The number of amides is 2. The average Bonchev–Trinajstić information content (AvgIpc) is 2.82. The first-order valence-electron chi connectivity index (χ1n) is 10.6. The van der Waals surface area contributed by atoms with Crippen LogP contribution in [0.15, 0.2) is 48.5 Å². The summed E-state index contributed by atoms with van der Waals surface area (Å²) in [6, 6.07) is 15.8. The molecule has 1 fully saturated rings. The fraction of sp³-hybridized carbons (Fsp3) is 0.417. The second kappa shape index (κ2) is 9.30. The monoisotopic (exact) mass is 407 g/mol. The van der Waals surface area contributed by atoms with Gasteiger partial charge in [0.15, 0.2) is 0 Å². The maximum atomic E-state index is 13.0. The van der Waals surface area contributed by atoms with Gasteiger partial charge in [-0.25, -0.2) is 0 Å². The molecule has 0 radical (unpaired) electrons. The molecule has 1 atom stereocenters. The van der Waals surface area contributed by atoms with E-state index in [9.17, 15) is 9.59 Å². The lowest BCUT2D eigenvalue weighted by molar-refractivity contribution is -0.137. The number of hydrogen-bond donors (Lipinski definition) is 2. The molecule has 6 nitrogen and oxygen atoms in total. The van der Waals surface area contributed by atoms with Gasteiger partial charge in [0.2, 0.25) is 11.8 Å². The van der Waals surface area contributed by atoms with E-state index in [0.717, 1.165) is 24.3 Å². The molecule has 1 saturated heterocycles. The maximum Gasteiger partial charge on any atom is 0.240 e. The van der Waals surface area contributed by atoms with Gasteiger partial charge in [-0.1, -0.05) is 42.5 Å². The summed E-state index contributed by atoms with van der Waals surface area (Å²) in [5.41, 5.74) is 3.48. The van der Waals surface area contributed by atoms with Crippen LogP contribution in [0.2, 0.25) is 0 Å². The van der Waals surface area contributed by atoms with Crippen molar-refractivity contribution in [3.05, 3.63) is 65.2 Å². The van der Waals surface area contributed by atoms with Crippen LogP contribution in [-0.2, 0) is 29.1 Å². The topological polar surface area (TPSA) is 70.7 Å². The lowest BCUT2D eigenvalue weighted by Gasteiger charge is -2.35. The minimum absolute atomic E-state index is 0.0520. The van der Waals surface area contributed by atoms with E-state index in [2.05, 4.69) is 22.8 Å². The van der Waals surface area contributed by atoms with Gasteiger partial charge < -0.3 is 20.3 Å². The second-order valence-electron chi connectivity index (χ2n) is 8.04. The number of rotatable bonds is 5. The highest BCUT2D eigenvalue weighted by Crippen LogP contribution is 2.22. The lowest BCUT2D eigenvalue weighted by Crippen LogP contribution is -2.52. The van der Waals surface area contributed by atoms with Crippen LogP contribution in [0.5, 0.6) is 5.75 Å². The van der Waals surface area contributed by atoms with Gasteiger partial charge in [-0.05, 0) is 36.5 Å². The number of carbonyl (C=O) groups excluding carboxylic acids is 2. The largest absolute Gasteiger partial charge is 0.496 e. The molecule has 0 aliphatic carbocycles. The summed E-state index contributed by atoms with van der Waals surface area (Å²) in [5.74, 6) is 0.929. The zero-order valence-electron chi connectivity index (χ0n) is 17.4. The Labute approximate surface area is 177 Å². The Bertz CT molecular complexity index is 906. The van der Waals surface area contributed by atoms with E-state index in [0.29, 0.717) is 32.5 Å². The van der Waals surface area contributed by atoms with Crippen molar-refractivity contribution in [2.45, 2.75) is 38.4 Å². The van der Waals surface area contributed by atoms with Crippen LogP contribution < -0.4 is 15.4 Å². The first-order valence-corrected chi connectivity index (χ1v) is 10.6. The fourth-order valence-electron chi connectivity index (χ4n) is 4.39. The molecule has 0 spiro atoms. The SMILES string of the molecule is COc1ccccc1CNC(=O)C1CCN(C(=O)[C@@H]2Cc3ccccc3CN2)CC1. The summed E-state index contributed by atoms with van der Waals surface area (Å²) < 4.78 is 5.34. The molecular weight excluding hydrogens is 378 g/mol. The Hall–Kier alpha value is -2.86. The summed E-state index contributed by atoms with van der Waals surface area (Å²) in [6.07, 6.45) is 2.13. The zero-order valence-corrected chi connectivity index (χ0v) is 17.4. The Kier molecular flexibility index (Phi) is 6.33. The van der Waals surface area contributed by atoms with Gasteiger partial charge in [-0.2, -0.15) is 0 Å². The zero-order chi connectivity index (χ0) is 20.9. The van der Waals surface area contributed by atoms with Crippen molar-refractivity contribution in [1.82, 2.24) is 15.5 Å². The smallest absolute Gasteiger partial charge is 0.240 e. The third-order valence-corrected chi connectivity index (χ3v) is 6.20. The van der Waals surface area contributed by atoms with Gasteiger partial charge in [0.25, 0.3) is 0 Å². The molecule has 6 heteroatoms. The number of piperidine rings is 1. The fourth-order valence-corrected chi connectivity index (χ4v) is 4.39. The molecular formula is C24H29N3O3. The molecule has 2 aromatic rings. The summed E-state index contributed by atoms with van der Waals surface area (Å²) >= 11 is 0. The highest BCUT2D eigenvalue weighted by molar-refractivity contribution is 5.83. The minimum atomic E-state index is -0.171. The van der Waals surface area contributed by atoms with Crippen molar-refractivity contribution in [2.75, 3.05) is 20.2 Å². The Balaban J connectivity index is 1.26. The molecule has 0 unspecified atom stereocenters. The van der Waals surface area contributed by atoms with Crippen LogP contribution in [-0.4, -0.2) is 43.0 Å². The lowest BCUT2D eigenvalue weighted by atomic mass is 9.92. The van der Waals surface area contributed by atoms with Gasteiger partial charge in [-0.3, -0.25) is 9.59 Å². The number of benzene rings is 2. The van der Waals surface area contributed by atoms with Crippen molar-refractivity contribution in [3.63, 3.8) is 0 Å². The van der Waals surface area contributed by atoms with Gasteiger partial charge in [0.05, 0.1) is 13.2 Å². The first kappa shape index (κ1) is 20.4. The van der Waals surface area contributed by atoms with E-state index >= 15 is 0 Å². The average molecular weight is 408 g/mol. The molecule has 0 bridgehead atoms. The van der Waals surface area contributed by atoms with Gasteiger partial charge in [0, 0.05) is 37.7 Å². The normalized spacial score (nSPS) is 19.1. The summed E-state index contributed by atoms with van der Waals surface area (Å²) in [7, 11) is 1.63. The molecule has 2 aliphatic rings. The van der Waals surface area contributed by atoms with Crippen molar-refractivity contribution < 1.29 is 14.3 Å². The van der Waals surface area contributed by atoms with E-state index in [1.54, 1.807) is 7.11 Å². The molecule has 0 saturated carbocycles. The van der Waals surface area contributed by atoms with Gasteiger partial charge in [0.1, 0.15) is 5.75 Å². The Morgan fingerprint density at radius 1 is 1.07 bits per heavy atom. The van der Waals surface area contributed by atoms with E-state index in [-0.39, 0.29) is 23.8 Å². The number of carbonyl (C=O) groups is 2.